The van der Waals surface area contributed by atoms with E-state index in [1.807, 2.05) is 36.4 Å². The van der Waals surface area contributed by atoms with Crippen LogP contribution >= 0.6 is 0 Å². The Hall–Kier alpha value is -3.27. The third-order valence-corrected chi connectivity index (χ3v) is 5.78. The van der Waals surface area contributed by atoms with Crippen LogP contribution in [0.2, 0.25) is 0 Å². The van der Waals surface area contributed by atoms with Crippen molar-refractivity contribution in [1.82, 2.24) is 9.55 Å². The normalized spacial score (nSPS) is 11.2. The van der Waals surface area contributed by atoms with Crippen molar-refractivity contribution in [2.24, 2.45) is 0 Å². The van der Waals surface area contributed by atoms with Crippen molar-refractivity contribution in [3.05, 3.63) is 89.7 Å². The van der Waals surface area contributed by atoms with Crippen molar-refractivity contribution in [3.63, 3.8) is 0 Å². The number of imidazole rings is 1. The van der Waals surface area contributed by atoms with Crippen LogP contribution in [-0.4, -0.2) is 16.2 Å². The molecule has 0 bridgehead atoms. The van der Waals surface area contributed by atoms with Gasteiger partial charge in [-0.1, -0.05) is 56.3 Å². The van der Waals surface area contributed by atoms with E-state index in [1.165, 1.54) is 11.1 Å². The molecule has 0 aliphatic carbocycles. The zero-order valence-corrected chi connectivity index (χ0v) is 19.3. The van der Waals surface area contributed by atoms with Crippen LogP contribution in [0.5, 0.6) is 11.5 Å². The maximum Gasteiger partial charge on any atom is 0.147 e. The molecule has 166 valence electrons. The molecule has 0 saturated heterocycles. The average Bonchev–Trinajstić information content (AvgIpc) is 3.16. The number of aryl methyl sites for hydroxylation is 2. The molecule has 0 saturated carbocycles. The molecule has 4 aromatic rings. The zero-order chi connectivity index (χ0) is 22.3. The monoisotopic (exact) mass is 428 g/mol. The standard InChI is InChI=1S/C28H32N2O2/c1-21(2)23-14-16-24(17-15-23)32-20-28-29-25-11-5-6-12-26(25)30(28)18-8-9-19-31-27-13-7-4-10-22(27)3/h4-7,10-17,21H,8-9,18-20H2,1-3H3. The van der Waals surface area contributed by atoms with Crippen molar-refractivity contribution in [2.45, 2.75) is 52.7 Å². The summed E-state index contributed by atoms with van der Waals surface area (Å²) in [7, 11) is 0. The molecule has 0 unspecified atom stereocenters. The van der Waals surface area contributed by atoms with E-state index in [9.17, 15) is 0 Å². The highest BCUT2D eigenvalue weighted by Gasteiger charge is 2.11. The van der Waals surface area contributed by atoms with E-state index in [0.717, 1.165) is 47.7 Å². The molecule has 0 aliphatic heterocycles. The topological polar surface area (TPSA) is 36.3 Å². The van der Waals surface area contributed by atoms with E-state index in [-0.39, 0.29) is 0 Å². The Morgan fingerprint density at radius 2 is 1.59 bits per heavy atom. The Morgan fingerprint density at radius 1 is 0.844 bits per heavy atom. The van der Waals surface area contributed by atoms with Gasteiger partial charge >= 0.3 is 0 Å². The Bertz CT molecular complexity index is 1150. The SMILES string of the molecule is Cc1ccccc1OCCCCn1c(COc2ccc(C(C)C)cc2)nc2ccccc21. The molecule has 1 aromatic heterocycles. The van der Waals surface area contributed by atoms with Gasteiger partial charge in [-0.25, -0.2) is 4.98 Å². The molecular weight excluding hydrogens is 396 g/mol. The highest BCUT2D eigenvalue weighted by atomic mass is 16.5. The van der Waals surface area contributed by atoms with Gasteiger partial charge in [0.25, 0.3) is 0 Å². The second-order valence-electron chi connectivity index (χ2n) is 8.50. The quantitative estimate of drug-likeness (QED) is 0.258. The lowest BCUT2D eigenvalue weighted by atomic mass is 10.0. The molecule has 0 N–H and O–H groups in total. The van der Waals surface area contributed by atoms with Crippen LogP contribution in [0.4, 0.5) is 0 Å². The third-order valence-electron chi connectivity index (χ3n) is 5.78. The zero-order valence-electron chi connectivity index (χ0n) is 19.3. The van der Waals surface area contributed by atoms with Gasteiger partial charge < -0.3 is 14.0 Å². The van der Waals surface area contributed by atoms with Crippen molar-refractivity contribution in [3.8, 4) is 11.5 Å². The Balaban J connectivity index is 1.38. The fourth-order valence-electron chi connectivity index (χ4n) is 3.85. The van der Waals surface area contributed by atoms with E-state index in [0.29, 0.717) is 19.1 Å². The smallest absolute Gasteiger partial charge is 0.147 e. The molecule has 0 aliphatic rings. The summed E-state index contributed by atoms with van der Waals surface area (Å²) in [6.07, 6.45) is 2.00. The summed E-state index contributed by atoms with van der Waals surface area (Å²) in [5, 5.41) is 0. The first-order chi connectivity index (χ1) is 15.6. The first-order valence-electron chi connectivity index (χ1n) is 11.5. The number of unbranched alkanes of at least 4 members (excludes halogenated alkanes) is 1. The molecule has 0 spiro atoms. The van der Waals surface area contributed by atoms with Crippen LogP contribution in [-0.2, 0) is 13.2 Å². The summed E-state index contributed by atoms with van der Waals surface area (Å²) in [5.41, 5.74) is 4.66. The van der Waals surface area contributed by atoms with Gasteiger partial charge in [0.05, 0.1) is 17.6 Å². The molecular formula is C28H32N2O2. The van der Waals surface area contributed by atoms with Crippen LogP contribution in [0, 0.1) is 6.92 Å². The summed E-state index contributed by atoms with van der Waals surface area (Å²) in [4.78, 5) is 4.84. The lowest BCUT2D eigenvalue weighted by Gasteiger charge is -2.12. The number of hydrogen-bond acceptors (Lipinski definition) is 3. The van der Waals surface area contributed by atoms with E-state index >= 15 is 0 Å². The second-order valence-corrected chi connectivity index (χ2v) is 8.50. The second kappa shape index (κ2) is 10.4. The maximum atomic E-state index is 6.09. The van der Waals surface area contributed by atoms with Crippen LogP contribution in [0.1, 0.15) is 49.6 Å². The van der Waals surface area contributed by atoms with Crippen LogP contribution < -0.4 is 9.47 Å². The first-order valence-corrected chi connectivity index (χ1v) is 11.5. The fourth-order valence-corrected chi connectivity index (χ4v) is 3.85. The predicted molar refractivity (Wildman–Crippen MR) is 131 cm³/mol. The molecule has 0 fully saturated rings. The van der Waals surface area contributed by atoms with E-state index in [1.54, 1.807) is 0 Å². The molecule has 4 rings (SSSR count). The number of hydrogen-bond donors (Lipinski definition) is 0. The highest BCUT2D eigenvalue weighted by Crippen LogP contribution is 2.22. The van der Waals surface area contributed by atoms with Crippen molar-refractivity contribution in [1.29, 1.82) is 0 Å². The average molecular weight is 429 g/mol. The first kappa shape index (κ1) is 21.9. The summed E-state index contributed by atoms with van der Waals surface area (Å²) in [5.74, 6) is 3.32. The van der Waals surface area contributed by atoms with Gasteiger partial charge in [-0.2, -0.15) is 0 Å². The van der Waals surface area contributed by atoms with Gasteiger partial charge in [0.15, 0.2) is 0 Å². The van der Waals surface area contributed by atoms with Gasteiger partial charge in [0, 0.05) is 6.54 Å². The van der Waals surface area contributed by atoms with Crippen molar-refractivity contribution < 1.29 is 9.47 Å². The highest BCUT2D eigenvalue weighted by molar-refractivity contribution is 5.75. The lowest BCUT2D eigenvalue weighted by Crippen LogP contribution is -2.09. The third kappa shape index (κ3) is 5.31. The molecule has 0 atom stereocenters. The van der Waals surface area contributed by atoms with Gasteiger partial charge in [-0.3, -0.25) is 0 Å². The Kier molecular flexibility index (Phi) is 7.10. The number of rotatable bonds is 10. The summed E-state index contributed by atoms with van der Waals surface area (Å²) >= 11 is 0. The van der Waals surface area contributed by atoms with E-state index in [2.05, 4.69) is 61.7 Å². The molecule has 4 nitrogen and oxygen atoms in total. The van der Waals surface area contributed by atoms with Gasteiger partial charge in [-0.15, -0.1) is 0 Å². The predicted octanol–water partition coefficient (Wildman–Crippen LogP) is 6.91. The van der Waals surface area contributed by atoms with Crippen molar-refractivity contribution >= 4 is 11.0 Å². The Morgan fingerprint density at radius 3 is 2.38 bits per heavy atom. The van der Waals surface area contributed by atoms with Crippen molar-refractivity contribution in [2.75, 3.05) is 6.61 Å². The molecule has 32 heavy (non-hydrogen) atoms. The lowest BCUT2D eigenvalue weighted by molar-refractivity contribution is 0.284. The van der Waals surface area contributed by atoms with E-state index < -0.39 is 0 Å². The number of para-hydroxylation sites is 3. The Labute approximate surface area is 190 Å². The van der Waals surface area contributed by atoms with Gasteiger partial charge in [-0.05, 0) is 67.1 Å². The van der Waals surface area contributed by atoms with Crippen LogP contribution in [0.25, 0.3) is 11.0 Å². The number of nitrogens with zero attached hydrogens (tertiary/aromatic N) is 2. The molecule has 0 amide bonds. The summed E-state index contributed by atoms with van der Waals surface area (Å²) < 4.78 is 14.3. The number of ether oxygens (including phenoxy) is 2. The number of benzene rings is 3. The molecule has 3 aromatic carbocycles. The van der Waals surface area contributed by atoms with E-state index in [4.69, 9.17) is 14.5 Å². The molecule has 4 heteroatoms. The van der Waals surface area contributed by atoms with Gasteiger partial charge in [0.2, 0.25) is 0 Å². The number of aromatic nitrogens is 2. The summed E-state index contributed by atoms with van der Waals surface area (Å²) in [6, 6.07) is 24.8. The minimum absolute atomic E-state index is 0.454. The van der Waals surface area contributed by atoms with Gasteiger partial charge in [0.1, 0.15) is 23.9 Å². The maximum absolute atomic E-state index is 6.09. The number of fused-ring (bicyclic) bond motifs is 1. The molecule has 1 heterocycles. The summed E-state index contributed by atoms with van der Waals surface area (Å²) in [6.45, 7) is 8.54. The largest absolute Gasteiger partial charge is 0.493 e. The molecule has 0 radical (unpaired) electrons. The fraction of sp³-hybridized carbons (Fsp3) is 0.321. The minimum Gasteiger partial charge on any atom is -0.493 e. The van der Waals surface area contributed by atoms with Crippen LogP contribution in [0.3, 0.4) is 0 Å². The van der Waals surface area contributed by atoms with Crippen LogP contribution in [0.15, 0.2) is 72.8 Å². The minimum atomic E-state index is 0.454.